The zero-order chi connectivity index (χ0) is 29.4. The molecule has 6 rings (SSSR count). The van der Waals surface area contributed by atoms with Gasteiger partial charge in [0.15, 0.2) is 0 Å². The molecule has 3 saturated carbocycles. The van der Waals surface area contributed by atoms with E-state index in [1.807, 2.05) is 0 Å². The Kier molecular flexibility index (Phi) is 22.6. The number of rotatable bonds is 11. The summed E-state index contributed by atoms with van der Waals surface area (Å²) in [6.07, 6.45) is 28.2. The van der Waals surface area contributed by atoms with Gasteiger partial charge in [-0.2, -0.15) is 0 Å². The van der Waals surface area contributed by atoms with Gasteiger partial charge in [-0.15, -0.1) is 0 Å². The molecule has 3 heterocycles. The molecule has 244 valence electrons. The van der Waals surface area contributed by atoms with Gasteiger partial charge in [-0.3, -0.25) is 0 Å². The molecular formula is C35H68O6. The van der Waals surface area contributed by atoms with Crippen molar-refractivity contribution in [1.82, 2.24) is 0 Å². The van der Waals surface area contributed by atoms with Crippen molar-refractivity contribution in [2.75, 3.05) is 39.6 Å². The van der Waals surface area contributed by atoms with Crippen molar-refractivity contribution in [3.8, 4) is 0 Å². The van der Waals surface area contributed by atoms with Crippen LogP contribution in [0.4, 0.5) is 0 Å². The van der Waals surface area contributed by atoms with Crippen LogP contribution in [0.2, 0.25) is 0 Å². The van der Waals surface area contributed by atoms with Crippen LogP contribution in [0.1, 0.15) is 150 Å². The molecule has 3 atom stereocenters. The fraction of sp³-hybridized carbons (Fsp3) is 1.00. The van der Waals surface area contributed by atoms with Crippen LogP contribution < -0.4 is 0 Å². The zero-order valence-corrected chi connectivity index (χ0v) is 27.6. The minimum atomic E-state index is 0.442. The summed E-state index contributed by atoms with van der Waals surface area (Å²) >= 11 is 0. The van der Waals surface area contributed by atoms with Crippen LogP contribution in [0.5, 0.6) is 0 Å². The van der Waals surface area contributed by atoms with E-state index < -0.39 is 0 Å². The summed E-state index contributed by atoms with van der Waals surface area (Å²) in [6.45, 7) is 14.0. The molecule has 0 aromatic rings. The summed E-state index contributed by atoms with van der Waals surface area (Å²) in [5, 5.41) is 0. The number of hydrogen-bond acceptors (Lipinski definition) is 6. The molecule has 3 unspecified atom stereocenters. The second kappa shape index (κ2) is 25.1. The van der Waals surface area contributed by atoms with E-state index in [2.05, 4.69) is 27.7 Å². The highest BCUT2D eigenvalue weighted by Gasteiger charge is 2.26. The van der Waals surface area contributed by atoms with Crippen molar-refractivity contribution in [1.29, 1.82) is 0 Å². The summed E-state index contributed by atoms with van der Waals surface area (Å²) in [4.78, 5) is 0. The summed E-state index contributed by atoms with van der Waals surface area (Å²) < 4.78 is 32.3. The van der Waals surface area contributed by atoms with Crippen LogP contribution in [-0.2, 0) is 28.4 Å². The summed E-state index contributed by atoms with van der Waals surface area (Å²) in [6, 6.07) is 0. The third kappa shape index (κ3) is 22.9. The van der Waals surface area contributed by atoms with Gasteiger partial charge >= 0.3 is 0 Å². The Balaban J connectivity index is 0.000000191. The number of ether oxygens (including phenoxy) is 6. The second-order valence-corrected chi connectivity index (χ2v) is 12.6. The molecule has 0 aromatic carbocycles. The van der Waals surface area contributed by atoms with Gasteiger partial charge in [0.2, 0.25) is 0 Å². The molecule has 6 heteroatoms. The Hall–Kier alpha value is -0.240. The van der Waals surface area contributed by atoms with Crippen molar-refractivity contribution in [2.45, 2.75) is 186 Å². The quantitative estimate of drug-likeness (QED) is 0.226. The molecule has 3 saturated heterocycles. The first-order chi connectivity index (χ1) is 20.2. The normalized spacial score (nSPS) is 27.4. The van der Waals surface area contributed by atoms with Crippen LogP contribution in [0.3, 0.4) is 0 Å². The van der Waals surface area contributed by atoms with E-state index >= 15 is 0 Å². The molecule has 6 nitrogen and oxygen atoms in total. The summed E-state index contributed by atoms with van der Waals surface area (Å²) in [7, 11) is 0. The topological polar surface area (TPSA) is 65.3 Å². The lowest BCUT2D eigenvalue weighted by Gasteiger charge is -2.21. The molecule has 0 spiro atoms. The van der Waals surface area contributed by atoms with Crippen molar-refractivity contribution < 1.29 is 28.4 Å². The van der Waals surface area contributed by atoms with E-state index in [9.17, 15) is 0 Å². The zero-order valence-electron chi connectivity index (χ0n) is 27.6. The fourth-order valence-corrected chi connectivity index (χ4v) is 4.92. The van der Waals surface area contributed by atoms with Gasteiger partial charge in [0.25, 0.3) is 0 Å². The molecule has 3 aliphatic carbocycles. The Morgan fingerprint density at radius 3 is 0.780 bits per heavy atom. The highest BCUT2D eigenvalue weighted by Crippen LogP contribution is 2.23. The predicted molar refractivity (Wildman–Crippen MR) is 169 cm³/mol. The standard InChI is InChI=1S/3C9H16O2.2C4H10/c3*1-2-4-8(5-3-1)10-6-9-7-11-9;2*1-3-4-2/h3*8-9H,1-7H2;2*3-4H2,1-2H3. The lowest BCUT2D eigenvalue weighted by atomic mass is 9.98. The molecule has 0 aromatic heterocycles. The van der Waals surface area contributed by atoms with Crippen LogP contribution in [0.25, 0.3) is 0 Å². The molecule has 6 aliphatic rings. The van der Waals surface area contributed by atoms with E-state index in [1.54, 1.807) is 0 Å². The van der Waals surface area contributed by atoms with Gasteiger partial charge in [0.05, 0.1) is 58.0 Å². The maximum absolute atomic E-state index is 5.68. The van der Waals surface area contributed by atoms with Gasteiger partial charge < -0.3 is 28.4 Å². The molecule has 0 radical (unpaired) electrons. The molecule has 0 amide bonds. The minimum absolute atomic E-state index is 0.442. The molecule has 3 aliphatic heterocycles. The first kappa shape index (κ1) is 36.9. The Bertz CT molecular complexity index is 466. The van der Waals surface area contributed by atoms with Crippen molar-refractivity contribution in [2.24, 2.45) is 0 Å². The largest absolute Gasteiger partial charge is 0.375 e. The second-order valence-electron chi connectivity index (χ2n) is 12.6. The van der Waals surface area contributed by atoms with Gasteiger partial charge in [0.1, 0.15) is 18.3 Å². The fourth-order valence-electron chi connectivity index (χ4n) is 4.92. The Morgan fingerprint density at radius 2 is 0.610 bits per heavy atom. The maximum Gasteiger partial charge on any atom is 0.104 e. The SMILES string of the molecule is C1CCC(OCC2CO2)CC1.C1CCC(OCC2CO2)CC1.C1CCC(OCC2CO2)CC1.CCCC.CCCC. The van der Waals surface area contributed by atoms with E-state index in [4.69, 9.17) is 28.4 Å². The van der Waals surface area contributed by atoms with Gasteiger partial charge in [-0.1, -0.05) is 111 Å². The average Bonchev–Trinajstić information content (AvgIpc) is 3.90. The van der Waals surface area contributed by atoms with Gasteiger partial charge in [-0.05, 0) is 38.5 Å². The van der Waals surface area contributed by atoms with E-state index in [-0.39, 0.29) is 0 Å². The van der Waals surface area contributed by atoms with Crippen molar-refractivity contribution in [3.05, 3.63) is 0 Å². The maximum atomic E-state index is 5.68. The minimum Gasteiger partial charge on any atom is -0.375 e. The lowest BCUT2D eigenvalue weighted by Crippen LogP contribution is -2.18. The number of hydrogen-bond donors (Lipinski definition) is 0. The Labute approximate surface area is 254 Å². The van der Waals surface area contributed by atoms with E-state index in [0.29, 0.717) is 36.6 Å². The van der Waals surface area contributed by atoms with E-state index in [1.165, 1.54) is 122 Å². The number of epoxide rings is 3. The third-order valence-electron chi connectivity index (χ3n) is 8.42. The Morgan fingerprint density at radius 1 is 0.390 bits per heavy atom. The van der Waals surface area contributed by atoms with Gasteiger partial charge in [0, 0.05) is 0 Å². The summed E-state index contributed by atoms with van der Waals surface area (Å²) in [5.74, 6) is 0. The van der Waals surface area contributed by atoms with Crippen LogP contribution in [0.15, 0.2) is 0 Å². The monoisotopic (exact) mass is 585 g/mol. The van der Waals surface area contributed by atoms with Crippen LogP contribution in [-0.4, -0.2) is 76.3 Å². The van der Waals surface area contributed by atoms with Crippen LogP contribution in [0, 0.1) is 0 Å². The van der Waals surface area contributed by atoms with Crippen LogP contribution >= 0.6 is 0 Å². The summed E-state index contributed by atoms with van der Waals surface area (Å²) in [5.41, 5.74) is 0. The molecule has 6 fully saturated rings. The van der Waals surface area contributed by atoms with Crippen molar-refractivity contribution in [3.63, 3.8) is 0 Å². The molecule has 0 N–H and O–H groups in total. The predicted octanol–water partition coefficient (Wildman–Crippen LogP) is 8.82. The molecular weight excluding hydrogens is 516 g/mol. The highest BCUT2D eigenvalue weighted by atomic mass is 16.6. The number of unbranched alkanes of at least 4 members (excludes halogenated alkanes) is 2. The molecule has 0 bridgehead atoms. The first-order valence-electron chi connectivity index (χ1n) is 17.9. The lowest BCUT2D eigenvalue weighted by molar-refractivity contribution is 0.0199. The van der Waals surface area contributed by atoms with E-state index in [0.717, 1.165) is 39.6 Å². The third-order valence-corrected chi connectivity index (χ3v) is 8.42. The first-order valence-corrected chi connectivity index (χ1v) is 17.9. The average molecular weight is 585 g/mol. The smallest absolute Gasteiger partial charge is 0.104 e. The van der Waals surface area contributed by atoms with Gasteiger partial charge in [-0.25, -0.2) is 0 Å². The van der Waals surface area contributed by atoms with Crippen molar-refractivity contribution >= 4 is 0 Å². The highest BCUT2D eigenvalue weighted by molar-refractivity contribution is 4.73. The molecule has 41 heavy (non-hydrogen) atoms.